The number of aromatic nitrogens is 1. The molecule has 3 heterocycles. The maximum atomic E-state index is 5.49. The molecule has 118 valence electrons. The molecule has 1 saturated heterocycles. The van der Waals surface area contributed by atoms with Crippen LogP contribution in [0.1, 0.15) is 30.5 Å². The van der Waals surface area contributed by atoms with Crippen LogP contribution in [0.2, 0.25) is 0 Å². The third-order valence-corrected chi connectivity index (χ3v) is 5.04. The van der Waals surface area contributed by atoms with Gasteiger partial charge in [-0.05, 0) is 42.5 Å². The summed E-state index contributed by atoms with van der Waals surface area (Å²) in [5.41, 5.74) is 3.77. The van der Waals surface area contributed by atoms with E-state index in [1.54, 1.807) is 7.11 Å². The lowest BCUT2D eigenvalue weighted by atomic mass is 9.97. The lowest BCUT2D eigenvalue weighted by Gasteiger charge is -2.34. The Balaban J connectivity index is 1.59. The minimum absolute atomic E-state index is 0.524. The molecule has 2 unspecified atom stereocenters. The number of pyridine rings is 1. The Morgan fingerprint density at radius 1 is 1.13 bits per heavy atom. The van der Waals surface area contributed by atoms with Crippen molar-refractivity contribution in [2.75, 3.05) is 7.11 Å². The van der Waals surface area contributed by atoms with Crippen LogP contribution in [-0.2, 0) is 6.54 Å². The van der Waals surface area contributed by atoms with Gasteiger partial charge in [-0.25, -0.2) is 0 Å². The second kappa shape index (κ2) is 6.17. The number of hydrogen-bond acceptors (Lipinski definition) is 3. The van der Waals surface area contributed by atoms with Crippen molar-refractivity contribution in [2.45, 2.75) is 37.9 Å². The average Bonchev–Trinajstić information content (AvgIpc) is 2.84. The zero-order chi connectivity index (χ0) is 15.6. The molecule has 0 N–H and O–H groups in total. The Morgan fingerprint density at radius 2 is 2.00 bits per heavy atom. The topological polar surface area (TPSA) is 25.4 Å². The van der Waals surface area contributed by atoms with Gasteiger partial charge in [0, 0.05) is 24.8 Å². The first-order valence-corrected chi connectivity index (χ1v) is 8.35. The zero-order valence-corrected chi connectivity index (χ0v) is 13.5. The second-order valence-electron chi connectivity index (χ2n) is 6.41. The van der Waals surface area contributed by atoms with Gasteiger partial charge >= 0.3 is 0 Å². The molecule has 2 aromatic rings. The third-order valence-electron chi connectivity index (χ3n) is 5.04. The highest BCUT2D eigenvalue weighted by molar-refractivity contribution is 5.69. The summed E-state index contributed by atoms with van der Waals surface area (Å²) in [5.74, 6) is 0.884. The molecule has 23 heavy (non-hydrogen) atoms. The Morgan fingerprint density at radius 3 is 2.78 bits per heavy atom. The van der Waals surface area contributed by atoms with Crippen molar-refractivity contribution in [3.05, 3.63) is 66.0 Å². The quantitative estimate of drug-likeness (QED) is 0.856. The van der Waals surface area contributed by atoms with Gasteiger partial charge in [-0.1, -0.05) is 36.4 Å². The Kier molecular flexibility index (Phi) is 3.88. The van der Waals surface area contributed by atoms with Gasteiger partial charge in [0.25, 0.3) is 0 Å². The van der Waals surface area contributed by atoms with Gasteiger partial charge in [0.15, 0.2) is 0 Å². The number of fused-ring (bicyclic) bond motifs is 2. The summed E-state index contributed by atoms with van der Waals surface area (Å²) < 4.78 is 5.49. The monoisotopic (exact) mass is 306 g/mol. The molecule has 3 heteroatoms. The Bertz CT molecular complexity index is 711. The Hall–Kier alpha value is -2.13. The molecule has 0 aliphatic carbocycles. The smallest absolute Gasteiger partial charge is 0.144 e. The molecule has 0 amide bonds. The fourth-order valence-electron chi connectivity index (χ4n) is 3.93. The van der Waals surface area contributed by atoms with E-state index in [1.165, 1.54) is 24.0 Å². The van der Waals surface area contributed by atoms with Crippen LogP contribution in [-0.4, -0.2) is 29.1 Å². The van der Waals surface area contributed by atoms with Crippen LogP contribution >= 0.6 is 0 Å². The van der Waals surface area contributed by atoms with Crippen LogP contribution < -0.4 is 4.74 Å². The van der Waals surface area contributed by atoms with Crippen LogP contribution in [0.15, 0.2) is 54.7 Å². The molecule has 2 aliphatic heterocycles. The molecule has 2 bridgehead atoms. The third kappa shape index (κ3) is 2.77. The van der Waals surface area contributed by atoms with E-state index in [9.17, 15) is 0 Å². The molecule has 0 radical (unpaired) electrons. The predicted molar refractivity (Wildman–Crippen MR) is 92.2 cm³/mol. The molecule has 2 aliphatic rings. The van der Waals surface area contributed by atoms with E-state index in [4.69, 9.17) is 4.74 Å². The molecular formula is C20H22N2O. The summed E-state index contributed by atoms with van der Waals surface area (Å²) in [6, 6.07) is 15.9. The van der Waals surface area contributed by atoms with Crippen LogP contribution in [0, 0.1) is 0 Å². The normalized spacial score (nSPS) is 23.6. The van der Waals surface area contributed by atoms with Crippen molar-refractivity contribution in [3.8, 4) is 5.75 Å². The maximum Gasteiger partial charge on any atom is 0.144 e. The molecule has 0 spiro atoms. The molecule has 3 nitrogen and oxygen atoms in total. The first-order chi connectivity index (χ1) is 11.3. The van der Waals surface area contributed by atoms with E-state index < -0.39 is 0 Å². The number of rotatable bonds is 4. The van der Waals surface area contributed by atoms with Crippen LogP contribution in [0.3, 0.4) is 0 Å². The van der Waals surface area contributed by atoms with Crippen molar-refractivity contribution in [3.63, 3.8) is 0 Å². The molecule has 2 atom stereocenters. The van der Waals surface area contributed by atoms with Gasteiger partial charge in [-0.3, -0.25) is 9.88 Å². The molecule has 1 fully saturated rings. The van der Waals surface area contributed by atoms with Crippen molar-refractivity contribution >= 4 is 5.57 Å². The molecule has 4 rings (SSSR count). The van der Waals surface area contributed by atoms with E-state index >= 15 is 0 Å². The summed E-state index contributed by atoms with van der Waals surface area (Å²) in [6.07, 6.45) is 7.85. The standard InChI is InChI=1S/C20H22N2O/c1-23-19-8-5-11-21-20(19)16-12-17-9-10-18(13-16)22(17)14-15-6-3-2-4-7-15/h2-8,11-12,17-18H,9-10,13-14H2,1H3. The SMILES string of the molecule is COc1cccnc1C1=CC2CCC(C1)N2Cc1ccccc1. The minimum Gasteiger partial charge on any atom is -0.494 e. The van der Waals surface area contributed by atoms with Crippen molar-refractivity contribution in [2.24, 2.45) is 0 Å². The Labute approximate surface area is 137 Å². The maximum absolute atomic E-state index is 5.49. The summed E-state index contributed by atoms with van der Waals surface area (Å²) >= 11 is 0. The van der Waals surface area contributed by atoms with Crippen LogP contribution in [0.4, 0.5) is 0 Å². The van der Waals surface area contributed by atoms with Crippen molar-refractivity contribution < 1.29 is 4.74 Å². The second-order valence-corrected chi connectivity index (χ2v) is 6.41. The summed E-state index contributed by atoms with van der Waals surface area (Å²) in [4.78, 5) is 7.21. The lowest BCUT2D eigenvalue weighted by Crippen LogP contribution is -2.37. The van der Waals surface area contributed by atoms with Gasteiger partial charge in [-0.2, -0.15) is 0 Å². The summed E-state index contributed by atoms with van der Waals surface area (Å²) in [6.45, 7) is 1.04. The van der Waals surface area contributed by atoms with Gasteiger partial charge in [0.1, 0.15) is 11.4 Å². The van der Waals surface area contributed by atoms with Gasteiger partial charge < -0.3 is 4.74 Å². The van der Waals surface area contributed by atoms with Gasteiger partial charge in [-0.15, -0.1) is 0 Å². The number of ether oxygens (including phenoxy) is 1. The fraction of sp³-hybridized carbons (Fsp3) is 0.350. The molecule has 0 saturated carbocycles. The van der Waals surface area contributed by atoms with E-state index in [0.717, 1.165) is 24.4 Å². The number of hydrogen-bond donors (Lipinski definition) is 0. The average molecular weight is 306 g/mol. The van der Waals surface area contributed by atoms with E-state index in [2.05, 4.69) is 46.3 Å². The highest BCUT2D eigenvalue weighted by Crippen LogP contribution is 2.40. The first kappa shape index (κ1) is 14.5. The van der Waals surface area contributed by atoms with Crippen LogP contribution in [0.5, 0.6) is 5.75 Å². The number of nitrogens with zero attached hydrogens (tertiary/aromatic N) is 2. The van der Waals surface area contributed by atoms with Gasteiger partial charge in [0.05, 0.1) is 7.11 Å². The number of methoxy groups -OCH3 is 1. The van der Waals surface area contributed by atoms with E-state index in [0.29, 0.717) is 12.1 Å². The first-order valence-electron chi connectivity index (χ1n) is 8.35. The number of benzene rings is 1. The predicted octanol–water partition coefficient (Wildman–Crippen LogP) is 3.91. The summed E-state index contributed by atoms with van der Waals surface area (Å²) in [7, 11) is 1.72. The molecular weight excluding hydrogens is 284 g/mol. The highest BCUT2D eigenvalue weighted by Gasteiger charge is 2.37. The van der Waals surface area contributed by atoms with E-state index in [-0.39, 0.29) is 0 Å². The highest BCUT2D eigenvalue weighted by atomic mass is 16.5. The fourth-order valence-corrected chi connectivity index (χ4v) is 3.93. The molecule has 1 aromatic carbocycles. The van der Waals surface area contributed by atoms with Crippen LogP contribution in [0.25, 0.3) is 5.57 Å². The van der Waals surface area contributed by atoms with Crippen molar-refractivity contribution in [1.82, 2.24) is 9.88 Å². The largest absolute Gasteiger partial charge is 0.494 e. The minimum atomic E-state index is 0.524. The summed E-state index contributed by atoms with van der Waals surface area (Å²) in [5, 5.41) is 0. The van der Waals surface area contributed by atoms with Gasteiger partial charge in [0.2, 0.25) is 0 Å². The lowest BCUT2D eigenvalue weighted by molar-refractivity contribution is 0.203. The van der Waals surface area contributed by atoms with Crippen molar-refractivity contribution in [1.29, 1.82) is 0 Å². The van der Waals surface area contributed by atoms with E-state index in [1.807, 2.05) is 18.3 Å². The molecule has 1 aromatic heterocycles. The zero-order valence-electron chi connectivity index (χ0n) is 13.5.